The van der Waals surface area contributed by atoms with Crippen LogP contribution in [-0.2, 0) is 10.2 Å². The molecule has 0 saturated heterocycles. The molecule has 4 nitrogen and oxygen atoms in total. The summed E-state index contributed by atoms with van der Waals surface area (Å²) in [6.07, 6.45) is 0. The van der Waals surface area contributed by atoms with E-state index in [1.807, 2.05) is 38.1 Å². The maximum absolute atomic E-state index is 12.6. The fourth-order valence-electron chi connectivity index (χ4n) is 2.35. The summed E-state index contributed by atoms with van der Waals surface area (Å²) < 4.78 is 0. The number of benzene rings is 1. The van der Waals surface area contributed by atoms with E-state index in [1.54, 1.807) is 0 Å². The molecule has 0 fully saturated rings. The molecular formula is C17H29N3O. The second kappa shape index (κ2) is 7.46. The largest absolute Gasteiger partial charge is 0.399 e. The molecule has 0 aliphatic heterocycles. The highest BCUT2D eigenvalue weighted by Crippen LogP contribution is 2.24. The summed E-state index contributed by atoms with van der Waals surface area (Å²) in [5.41, 5.74) is 6.83. The molecule has 0 saturated carbocycles. The molecule has 1 unspecified atom stereocenters. The molecule has 1 aromatic carbocycles. The predicted molar refractivity (Wildman–Crippen MR) is 89.3 cm³/mol. The topological polar surface area (TPSA) is 58.4 Å². The van der Waals surface area contributed by atoms with Gasteiger partial charge in [0, 0.05) is 18.3 Å². The van der Waals surface area contributed by atoms with Crippen molar-refractivity contribution in [3.63, 3.8) is 0 Å². The van der Waals surface area contributed by atoms with Crippen LogP contribution in [0.25, 0.3) is 0 Å². The van der Waals surface area contributed by atoms with Crippen molar-refractivity contribution in [1.29, 1.82) is 0 Å². The predicted octanol–water partition coefficient (Wildman–Crippen LogP) is 2.39. The van der Waals surface area contributed by atoms with E-state index in [0.717, 1.165) is 25.2 Å². The van der Waals surface area contributed by atoms with Gasteiger partial charge in [-0.25, -0.2) is 0 Å². The van der Waals surface area contributed by atoms with Crippen LogP contribution in [0.15, 0.2) is 24.3 Å². The molecule has 0 aromatic heterocycles. The molecule has 0 aliphatic rings. The first-order valence-electron chi connectivity index (χ1n) is 7.70. The van der Waals surface area contributed by atoms with E-state index in [4.69, 9.17) is 5.73 Å². The molecule has 0 radical (unpaired) electrons. The molecule has 0 aliphatic carbocycles. The minimum Gasteiger partial charge on any atom is -0.399 e. The smallest absolute Gasteiger partial charge is 0.230 e. The summed E-state index contributed by atoms with van der Waals surface area (Å²) >= 11 is 0. The molecule has 1 atom stereocenters. The fourth-order valence-corrected chi connectivity index (χ4v) is 2.35. The van der Waals surface area contributed by atoms with Gasteiger partial charge in [0.1, 0.15) is 0 Å². The third-order valence-electron chi connectivity index (χ3n) is 4.00. The second-order valence-electron chi connectivity index (χ2n) is 6.11. The zero-order valence-electron chi connectivity index (χ0n) is 13.9. The van der Waals surface area contributed by atoms with Gasteiger partial charge in [0.2, 0.25) is 5.91 Å². The molecular weight excluding hydrogens is 262 g/mol. The van der Waals surface area contributed by atoms with Gasteiger partial charge in [0.15, 0.2) is 0 Å². The fraction of sp³-hybridized carbons (Fsp3) is 0.588. The standard InChI is InChI=1S/C17H29N3O/c1-6-20(7-2)12-13(3)19-16(21)17(4,5)14-8-10-15(18)11-9-14/h8-11,13H,6-7,12,18H2,1-5H3,(H,19,21). The number of anilines is 1. The molecule has 118 valence electrons. The lowest BCUT2D eigenvalue weighted by atomic mass is 9.83. The van der Waals surface area contributed by atoms with E-state index in [1.165, 1.54) is 0 Å². The first-order valence-corrected chi connectivity index (χ1v) is 7.70. The van der Waals surface area contributed by atoms with Gasteiger partial charge in [-0.1, -0.05) is 26.0 Å². The van der Waals surface area contributed by atoms with Gasteiger partial charge >= 0.3 is 0 Å². The third kappa shape index (κ3) is 4.74. The highest BCUT2D eigenvalue weighted by atomic mass is 16.2. The normalized spacial score (nSPS) is 13.2. The number of hydrogen-bond acceptors (Lipinski definition) is 3. The quantitative estimate of drug-likeness (QED) is 0.758. The summed E-state index contributed by atoms with van der Waals surface area (Å²) in [7, 11) is 0. The van der Waals surface area contributed by atoms with Crippen molar-refractivity contribution in [2.24, 2.45) is 0 Å². The molecule has 3 N–H and O–H groups in total. The van der Waals surface area contributed by atoms with E-state index >= 15 is 0 Å². The van der Waals surface area contributed by atoms with Crippen LogP contribution < -0.4 is 11.1 Å². The van der Waals surface area contributed by atoms with Gasteiger partial charge in [0.25, 0.3) is 0 Å². The first kappa shape index (κ1) is 17.5. The number of nitrogens with zero attached hydrogens (tertiary/aromatic N) is 1. The summed E-state index contributed by atoms with van der Waals surface area (Å²) in [6.45, 7) is 13.1. The maximum Gasteiger partial charge on any atom is 0.230 e. The van der Waals surface area contributed by atoms with Crippen LogP contribution in [0.3, 0.4) is 0 Å². The Morgan fingerprint density at radius 1 is 1.24 bits per heavy atom. The van der Waals surface area contributed by atoms with Crippen LogP contribution in [0.1, 0.15) is 40.2 Å². The van der Waals surface area contributed by atoms with Gasteiger partial charge in [-0.05, 0) is 51.6 Å². The molecule has 1 aromatic rings. The molecule has 4 heteroatoms. The maximum atomic E-state index is 12.6. The average Bonchev–Trinajstić information content (AvgIpc) is 2.45. The highest BCUT2D eigenvalue weighted by Gasteiger charge is 2.30. The Morgan fingerprint density at radius 2 is 1.76 bits per heavy atom. The molecule has 0 heterocycles. The van der Waals surface area contributed by atoms with Gasteiger partial charge in [-0.2, -0.15) is 0 Å². The summed E-state index contributed by atoms with van der Waals surface area (Å²) in [5.74, 6) is 0.0481. The zero-order valence-corrected chi connectivity index (χ0v) is 13.9. The van der Waals surface area contributed by atoms with E-state index in [-0.39, 0.29) is 11.9 Å². The lowest BCUT2D eigenvalue weighted by Gasteiger charge is -2.29. The van der Waals surface area contributed by atoms with E-state index in [0.29, 0.717) is 5.69 Å². The summed E-state index contributed by atoms with van der Waals surface area (Å²) in [4.78, 5) is 14.9. The lowest BCUT2D eigenvalue weighted by molar-refractivity contribution is -0.126. The number of hydrogen-bond donors (Lipinski definition) is 2. The summed E-state index contributed by atoms with van der Waals surface area (Å²) in [5, 5.41) is 3.12. The van der Waals surface area contributed by atoms with Crippen LogP contribution in [0, 0.1) is 0 Å². The van der Waals surface area contributed by atoms with Crippen molar-refractivity contribution in [3.05, 3.63) is 29.8 Å². The molecule has 1 amide bonds. The Bertz CT molecular complexity index is 450. The van der Waals surface area contributed by atoms with Gasteiger partial charge in [-0.3, -0.25) is 4.79 Å². The van der Waals surface area contributed by atoms with Crippen LogP contribution in [0.4, 0.5) is 5.69 Å². The molecule has 0 spiro atoms. The minimum absolute atomic E-state index is 0.0481. The van der Waals surface area contributed by atoms with Crippen molar-refractivity contribution in [3.8, 4) is 0 Å². The number of carbonyl (C=O) groups is 1. The molecule has 0 bridgehead atoms. The van der Waals surface area contributed by atoms with Crippen LogP contribution >= 0.6 is 0 Å². The Kier molecular flexibility index (Phi) is 6.21. The van der Waals surface area contributed by atoms with Gasteiger partial charge in [0.05, 0.1) is 5.41 Å². The first-order chi connectivity index (χ1) is 9.81. The van der Waals surface area contributed by atoms with E-state index in [9.17, 15) is 4.79 Å². The Hall–Kier alpha value is -1.55. The van der Waals surface area contributed by atoms with Crippen molar-refractivity contribution in [1.82, 2.24) is 10.2 Å². The number of carbonyl (C=O) groups excluding carboxylic acids is 1. The van der Waals surface area contributed by atoms with E-state index < -0.39 is 5.41 Å². The van der Waals surface area contributed by atoms with Crippen molar-refractivity contribution in [2.75, 3.05) is 25.4 Å². The van der Waals surface area contributed by atoms with E-state index in [2.05, 4.69) is 31.0 Å². The van der Waals surface area contributed by atoms with Crippen molar-refractivity contribution in [2.45, 2.75) is 46.1 Å². The number of rotatable bonds is 7. The SMILES string of the molecule is CCN(CC)CC(C)NC(=O)C(C)(C)c1ccc(N)cc1. The second-order valence-corrected chi connectivity index (χ2v) is 6.11. The number of nitrogens with one attached hydrogen (secondary N) is 1. The Balaban J connectivity index is 2.70. The van der Waals surface area contributed by atoms with Gasteiger partial charge in [-0.15, -0.1) is 0 Å². The molecule has 21 heavy (non-hydrogen) atoms. The number of likely N-dealkylation sites (N-methyl/N-ethyl adjacent to an activating group) is 1. The van der Waals surface area contributed by atoms with Crippen LogP contribution in [-0.4, -0.2) is 36.5 Å². The Morgan fingerprint density at radius 3 is 2.24 bits per heavy atom. The molecule has 1 rings (SSSR count). The lowest BCUT2D eigenvalue weighted by Crippen LogP contribution is -2.48. The van der Waals surface area contributed by atoms with Gasteiger partial charge < -0.3 is 16.0 Å². The zero-order chi connectivity index (χ0) is 16.0. The monoisotopic (exact) mass is 291 g/mol. The van der Waals surface area contributed by atoms with Crippen molar-refractivity contribution < 1.29 is 4.79 Å². The third-order valence-corrected chi connectivity index (χ3v) is 4.00. The average molecular weight is 291 g/mol. The Labute approximate surface area is 128 Å². The van der Waals surface area contributed by atoms with Crippen LogP contribution in [0.5, 0.6) is 0 Å². The highest BCUT2D eigenvalue weighted by molar-refractivity contribution is 5.87. The number of nitrogens with two attached hydrogens (primary N) is 1. The minimum atomic E-state index is -0.564. The number of nitrogen functional groups attached to an aromatic ring is 1. The number of amides is 1. The van der Waals surface area contributed by atoms with Crippen molar-refractivity contribution >= 4 is 11.6 Å². The summed E-state index contributed by atoms with van der Waals surface area (Å²) in [6, 6.07) is 7.65. The van der Waals surface area contributed by atoms with Crippen LogP contribution in [0.2, 0.25) is 0 Å².